The molecule has 0 unspecified atom stereocenters. The average Bonchev–Trinajstić information content (AvgIpc) is 2.71. The molecule has 2 amide bonds. The summed E-state index contributed by atoms with van der Waals surface area (Å²) in [5, 5.41) is 7.93. The van der Waals surface area contributed by atoms with E-state index in [1.807, 2.05) is 19.1 Å². The van der Waals surface area contributed by atoms with Crippen LogP contribution in [0.3, 0.4) is 0 Å². The summed E-state index contributed by atoms with van der Waals surface area (Å²) in [7, 11) is 1.53. The van der Waals surface area contributed by atoms with E-state index in [2.05, 4.69) is 30.9 Å². The zero-order valence-electron chi connectivity index (χ0n) is 16.2. The lowest BCUT2D eigenvalue weighted by atomic mass is 10.0. The van der Waals surface area contributed by atoms with Gasteiger partial charge in [0, 0.05) is 30.7 Å². The first-order valence-electron chi connectivity index (χ1n) is 8.94. The van der Waals surface area contributed by atoms with Crippen molar-refractivity contribution in [2.75, 3.05) is 12.4 Å². The molecule has 10 heteroatoms. The van der Waals surface area contributed by atoms with Crippen molar-refractivity contribution >= 4 is 17.7 Å². The number of pyridine rings is 1. The predicted molar refractivity (Wildman–Crippen MR) is 106 cm³/mol. The molecule has 0 saturated carbocycles. The van der Waals surface area contributed by atoms with Crippen LogP contribution in [0.2, 0.25) is 0 Å². The molecule has 3 aromatic rings. The van der Waals surface area contributed by atoms with E-state index < -0.39 is 11.9 Å². The molecule has 0 aliphatic rings. The van der Waals surface area contributed by atoms with Crippen LogP contribution in [0, 0.1) is 6.92 Å². The average molecular weight is 416 g/mol. The van der Waals surface area contributed by atoms with Crippen LogP contribution in [0.25, 0.3) is 11.1 Å². The Morgan fingerprint density at radius 2 is 1.87 bits per heavy atom. The third kappa shape index (κ3) is 5.43. The number of rotatable bonds is 5. The number of carbonyl (C=O) groups excluding carboxylic acids is 1. The number of halogens is 3. The maximum Gasteiger partial charge on any atom is 0.433 e. The lowest BCUT2D eigenvalue weighted by Crippen LogP contribution is -2.32. The number of nitrogens with one attached hydrogen (secondary N) is 3. The fourth-order valence-electron chi connectivity index (χ4n) is 2.69. The number of hydrogen-bond acceptors (Lipinski definition) is 5. The Balaban J connectivity index is 1.79. The standard InChI is InChI=1S/C20H19F3N6O/c1-12-7-14(13-3-4-15(26-10-13)11-27-19(30)24-2)9-16(8-12)28-18-25-6-5-17(29-18)20(21,22)23/h3-10H,11H2,1-2H3,(H2,24,27,30)(H,25,28,29). The Morgan fingerprint density at radius 3 is 2.53 bits per heavy atom. The Bertz CT molecular complexity index is 1040. The molecule has 0 spiro atoms. The number of aromatic nitrogens is 3. The van der Waals surface area contributed by atoms with E-state index in [4.69, 9.17) is 0 Å². The highest BCUT2D eigenvalue weighted by Gasteiger charge is 2.32. The van der Waals surface area contributed by atoms with Gasteiger partial charge in [-0.1, -0.05) is 12.1 Å². The molecule has 0 aliphatic carbocycles. The summed E-state index contributed by atoms with van der Waals surface area (Å²) < 4.78 is 38.6. The van der Waals surface area contributed by atoms with Gasteiger partial charge in [-0.25, -0.2) is 14.8 Å². The van der Waals surface area contributed by atoms with Gasteiger partial charge in [-0.2, -0.15) is 13.2 Å². The van der Waals surface area contributed by atoms with Crippen LogP contribution in [0.5, 0.6) is 0 Å². The van der Waals surface area contributed by atoms with Crippen molar-refractivity contribution in [1.82, 2.24) is 25.6 Å². The molecule has 1 aromatic carbocycles. The molecule has 2 aromatic heterocycles. The van der Waals surface area contributed by atoms with E-state index in [0.717, 1.165) is 29.0 Å². The Morgan fingerprint density at radius 1 is 1.07 bits per heavy atom. The normalized spacial score (nSPS) is 11.1. The van der Waals surface area contributed by atoms with Crippen molar-refractivity contribution in [3.8, 4) is 11.1 Å². The molecule has 0 saturated heterocycles. The van der Waals surface area contributed by atoms with Crippen LogP contribution in [-0.4, -0.2) is 28.0 Å². The third-order valence-corrected chi connectivity index (χ3v) is 4.09. The van der Waals surface area contributed by atoms with Crippen LogP contribution in [0.4, 0.5) is 29.6 Å². The SMILES string of the molecule is CNC(=O)NCc1ccc(-c2cc(C)cc(Nc3nccc(C(F)(F)F)n3)c2)cn1. The molecule has 3 rings (SSSR count). The zero-order chi connectivity index (χ0) is 21.7. The molecular formula is C20H19F3N6O. The monoisotopic (exact) mass is 416 g/mol. The van der Waals surface area contributed by atoms with Crippen molar-refractivity contribution in [2.24, 2.45) is 0 Å². The number of urea groups is 1. The number of nitrogens with zero attached hydrogens (tertiary/aromatic N) is 3. The topological polar surface area (TPSA) is 91.8 Å². The summed E-state index contributed by atoms with van der Waals surface area (Å²) in [6.07, 6.45) is -1.82. The second kappa shape index (κ2) is 8.76. The van der Waals surface area contributed by atoms with E-state index >= 15 is 0 Å². The van der Waals surface area contributed by atoms with Gasteiger partial charge in [-0.15, -0.1) is 0 Å². The highest BCUT2D eigenvalue weighted by Crippen LogP contribution is 2.29. The highest BCUT2D eigenvalue weighted by atomic mass is 19.4. The second-order valence-electron chi connectivity index (χ2n) is 6.45. The van der Waals surface area contributed by atoms with Crippen LogP contribution < -0.4 is 16.0 Å². The molecule has 0 atom stereocenters. The van der Waals surface area contributed by atoms with Crippen LogP contribution in [0.15, 0.2) is 48.8 Å². The first-order valence-corrected chi connectivity index (χ1v) is 8.94. The van der Waals surface area contributed by atoms with Gasteiger partial charge in [0.1, 0.15) is 5.69 Å². The van der Waals surface area contributed by atoms with E-state index in [-0.39, 0.29) is 18.5 Å². The first kappa shape index (κ1) is 21.0. The minimum atomic E-state index is -4.54. The molecule has 0 aliphatic heterocycles. The van der Waals surface area contributed by atoms with Crippen molar-refractivity contribution in [1.29, 1.82) is 0 Å². The van der Waals surface area contributed by atoms with Gasteiger partial charge in [-0.3, -0.25) is 4.98 Å². The number of amides is 2. The first-order chi connectivity index (χ1) is 14.2. The lowest BCUT2D eigenvalue weighted by Gasteiger charge is -2.11. The molecule has 2 heterocycles. The Hall–Kier alpha value is -3.69. The van der Waals surface area contributed by atoms with Crippen molar-refractivity contribution < 1.29 is 18.0 Å². The lowest BCUT2D eigenvalue weighted by molar-refractivity contribution is -0.141. The Labute approximate surface area is 170 Å². The van der Waals surface area contributed by atoms with Gasteiger partial charge in [-0.05, 0) is 42.3 Å². The van der Waals surface area contributed by atoms with Crippen LogP contribution in [-0.2, 0) is 12.7 Å². The molecule has 0 radical (unpaired) electrons. The van der Waals surface area contributed by atoms with Crippen LogP contribution in [0.1, 0.15) is 17.0 Å². The Kier molecular flexibility index (Phi) is 6.14. The fourth-order valence-corrected chi connectivity index (χ4v) is 2.69. The number of carbonyl (C=O) groups is 1. The number of aryl methyl sites for hydroxylation is 1. The van der Waals surface area contributed by atoms with Crippen molar-refractivity contribution in [3.05, 3.63) is 65.7 Å². The van der Waals surface area contributed by atoms with Crippen molar-refractivity contribution in [2.45, 2.75) is 19.6 Å². The number of anilines is 2. The van der Waals surface area contributed by atoms with E-state index in [1.54, 1.807) is 24.4 Å². The minimum absolute atomic E-state index is 0.143. The van der Waals surface area contributed by atoms with E-state index in [9.17, 15) is 18.0 Å². The summed E-state index contributed by atoms with van der Waals surface area (Å²) >= 11 is 0. The molecule has 0 bridgehead atoms. The molecular weight excluding hydrogens is 397 g/mol. The summed E-state index contributed by atoms with van der Waals surface area (Å²) in [5.41, 5.74) is 2.75. The van der Waals surface area contributed by atoms with Gasteiger partial charge in [0.25, 0.3) is 0 Å². The maximum absolute atomic E-state index is 12.9. The second-order valence-corrected chi connectivity index (χ2v) is 6.45. The summed E-state index contributed by atoms with van der Waals surface area (Å²) in [6.45, 7) is 2.16. The molecule has 7 nitrogen and oxygen atoms in total. The van der Waals surface area contributed by atoms with E-state index in [1.165, 1.54) is 7.05 Å². The zero-order valence-corrected chi connectivity index (χ0v) is 16.2. The number of alkyl halides is 3. The number of hydrogen-bond donors (Lipinski definition) is 3. The van der Waals surface area contributed by atoms with Gasteiger partial charge in [0.2, 0.25) is 5.95 Å². The van der Waals surface area contributed by atoms with Crippen LogP contribution >= 0.6 is 0 Å². The van der Waals surface area contributed by atoms with Crippen molar-refractivity contribution in [3.63, 3.8) is 0 Å². The smallest absolute Gasteiger partial charge is 0.341 e. The van der Waals surface area contributed by atoms with Gasteiger partial charge in [0.15, 0.2) is 0 Å². The van der Waals surface area contributed by atoms with Gasteiger partial charge >= 0.3 is 12.2 Å². The maximum atomic E-state index is 12.9. The minimum Gasteiger partial charge on any atom is -0.341 e. The highest BCUT2D eigenvalue weighted by molar-refractivity contribution is 5.73. The number of benzene rings is 1. The van der Waals surface area contributed by atoms with E-state index in [0.29, 0.717) is 11.4 Å². The summed E-state index contributed by atoms with van der Waals surface area (Å²) in [6, 6.07) is 9.64. The fraction of sp³-hybridized carbons (Fsp3) is 0.200. The third-order valence-electron chi connectivity index (χ3n) is 4.09. The largest absolute Gasteiger partial charge is 0.433 e. The molecule has 3 N–H and O–H groups in total. The summed E-state index contributed by atoms with van der Waals surface area (Å²) in [5.74, 6) is -0.143. The van der Waals surface area contributed by atoms with Gasteiger partial charge < -0.3 is 16.0 Å². The molecule has 0 fully saturated rings. The van der Waals surface area contributed by atoms with Gasteiger partial charge in [0.05, 0.1) is 12.2 Å². The molecule has 30 heavy (non-hydrogen) atoms. The molecule has 156 valence electrons. The predicted octanol–water partition coefficient (Wildman–Crippen LogP) is 4.04. The summed E-state index contributed by atoms with van der Waals surface area (Å²) in [4.78, 5) is 23.0. The quantitative estimate of drug-likeness (QED) is 0.584.